The molecule has 1 aromatic rings. The lowest BCUT2D eigenvalue weighted by molar-refractivity contribution is -0.142. The van der Waals surface area contributed by atoms with Gasteiger partial charge in [0, 0.05) is 19.2 Å². The number of nitrogens with zero attached hydrogens (tertiary/aromatic N) is 1. The summed E-state index contributed by atoms with van der Waals surface area (Å²) in [6, 6.07) is 1.18. The van der Waals surface area contributed by atoms with E-state index >= 15 is 0 Å². The van der Waals surface area contributed by atoms with Crippen molar-refractivity contribution < 1.29 is 27.8 Å². The number of hydrogen-bond acceptors (Lipinski definition) is 5. The topological polar surface area (TPSA) is 71.5 Å². The first kappa shape index (κ1) is 19.2. The van der Waals surface area contributed by atoms with Gasteiger partial charge in [-0.15, -0.1) is 0 Å². The van der Waals surface area contributed by atoms with Gasteiger partial charge in [0.2, 0.25) is 0 Å². The number of aliphatic hydroxyl groups is 1. The van der Waals surface area contributed by atoms with E-state index in [2.05, 4.69) is 15.0 Å². The third kappa shape index (κ3) is 6.05. The first-order valence-electron chi connectivity index (χ1n) is 7.29. The minimum Gasteiger partial charge on any atom is -0.469 e. The Morgan fingerprint density at radius 3 is 2.70 bits per heavy atom. The van der Waals surface area contributed by atoms with Gasteiger partial charge in [-0.3, -0.25) is 4.79 Å². The van der Waals surface area contributed by atoms with Crippen LogP contribution in [0.25, 0.3) is 0 Å². The van der Waals surface area contributed by atoms with Crippen molar-refractivity contribution >= 4 is 11.8 Å². The van der Waals surface area contributed by atoms with Crippen LogP contribution in [0, 0.1) is 5.92 Å². The van der Waals surface area contributed by atoms with Gasteiger partial charge in [0.25, 0.3) is 0 Å². The predicted molar refractivity (Wildman–Crippen MR) is 78.7 cm³/mol. The van der Waals surface area contributed by atoms with E-state index in [1.807, 2.05) is 6.92 Å². The molecule has 1 rings (SSSR count). The second kappa shape index (κ2) is 8.71. The number of aromatic nitrogens is 1. The maximum absolute atomic E-state index is 12.7. The summed E-state index contributed by atoms with van der Waals surface area (Å²) in [5.41, 5.74) is -1.17. The van der Waals surface area contributed by atoms with Crippen molar-refractivity contribution in [1.29, 1.82) is 0 Å². The van der Waals surface area contributed by atoms with Crippen LogP contribution in [0.3, 0.4) is 0 Å². The van der Waals surface area contributed by atoms with Crippen molar-refractivity contribution in [1.82, 2.24) is 4.98 Å². The Kier molecular flexibility index (Phi) is 7.28. The molecule has 0 aliphatic heterocycles. The number of esters is 1. The van der Waals surface area contributed by atoms with E-state index in [0.29, 0.717) is 25.6 Å². The molecule has 0 saturated heterocycles. The summed E-state index contributed by atoms with van der Waals surface area (Å²) in [6.45, 7) is 1.69. The molecular weight excluding hydrogens is 313 g/mol. The average Bonchev–Trinajstić information content (AvgIpc) is 2.52. The van der Waals surface area contributed by atoms with E-state index in [-0.39, 0.29) is 23.3 Å². The van der Waals surface area contributed by atoms with Crippen molar-refractivity contribution in [3.8, 4) is 0 Å². The number of hydrogen-bond donors (Lipinski definition) is 2. The molecule has 23 heavy (non-hydrogen) atoms. The van der Waals surface area contributed by atoms with Gasteiger partial charge in [0.1, 0.15) is 5.82 Å². The molecule has 0 aliphatic carbocycles. The van der Waals surface area contributed by atoms with E-state index in [4.69, 9.17) is 5.11 Å². The summed E-state index contributed by atoms with van der Waals surface area (Å²) < 4.78 is 42.7. The zero-order valence-electron chi connectivity index (χ0n) is 13.1. The first-order valence-corrected chi connectivity index (χ1v) is 7.29. The highest BCUT2D eigenvalue weighted by molar-refractivity contribution is 5.69. The Bertz CT molecular complexity index is 521. The largest absolute Gasteiger partial charge is 0.469 e. The van der Waals surface area contributed by atoms with Gasteiger partial charge in [-0.25, -0.2) is 4.98 Å². The molecule has 0 bridgehead atoms. The molecular formula is C15H21F3N2O3. The molecule has 1 unspecified atom stereocenters. The Balaban J connectivity index is 2.63. The second-order valence-electron chi connectivity index (χ2n) is 5.15. The molecule has 8 heteroatoms. The van der Waals surface area contributed by atoms with Gasteiger partial charge in [-0.2, -0.15) is 13.2 Å². The number of rotatable bonds is 8. The summed E-state index contributed by atoms with van der Waals surface area (Å²) in [5.74, 6) is 0.101. The molecule has 0 radical (unpaired) electrons. The number of alkyl halides is 3. The van der Waals surface area contributed by atoms with Crippen LogP contribution < -0.4 is 5.32 Å². The molecule has 0 amide bonds. The fraction of sp³-hybridized carbons (Fsp3) is 0.600. The lowest BCUT2D eigenvalue weighted by atomic mass is 9.98. The number of aliphatic hydroxyl groups excluding tert-OH is 1. The van der Waals surface area contributed by atoms with E-state index in [0.717, 1.165) is 6.42 Å². The van der Waals surface area contributed by atoms with Gasteiger partial charge in [0.05, 0.1) is 19.3 Å². The average molecular weight is 334 g/mol. The van der Waals surface area contributed by atoms with Crippen LogP contribution >= 0.6 is 0 Å². The lowest BCUT2D eigenvalue weighted by Crippen LogP contribution is -2.15. The van der Waals surface area contributed by atoms with Gasteiger partial charge >= 0.3 is 12.1 Å². The monoisotopic (exact) mass is 334 g/mol. The van der Waals surface area contributed by atoms with Crippen LogP contribution in [0.15, 0.2) is 12.3 Å². The summed E-state index contributed by atoms with van der Waals surface area (Å²) in [4.78, 5) is 15.0. The number of carbonyl (C=O) groups is 1. The Hall–Kier alpha value is -1.83. The van der Waals surface area contributed by atoms with Crippen LogP contribution in [-0.4, -0.2) is 29.7 Å². The van der Waals surface area contributed by atoms with Crippen molar-refractivity contribution in [2.45, 2.75) is 39.0 Å². The molecule has 130 valence electrons. The number of nitrogens with one attached hydrogen (secondary N) is 1. The quantitative estimate of drug-likeness (QED) is 0.715. The van der Waals surface area contributed by atoms with Gasteiger partial charge in [0.15, 0.2) is 0 Å². The first-order chi connectivity index (χ1) is 10.8. The zero-order chi connectivity index (χ0) is 17.5. The predicted octanol–water partition coefficient (Wildman–Crippen LogP) is 2.98. The highest BCUT2D eigenvalue weighted by Crippen LogP contribution is 2.32. The molecule has 0 aromatic carbocycles. The fourth-order valence-corrected chi connectivity index (χ4v) is 2.15. The van der Waals surface area contributed by atoms with E-state index in [1.165, 1.54) is 13.2 Å². The van der Waals surface area contributed by atoms with Crippen molar-refractivity contribution in [3.63, 3.8) is 0 Å². The molecule has 0 aliphatic rings. The third-order valence-corrected chi connectivity index (χ3v) is 3.58. The lowest BCUT2D eigenvalue weighted by Gasteiger charge is -2.15. The number of halogens is 3. The second-order valence-corrected chi connectivity index (χ2v) is 5.15. The summed E-state index contributed by atoms with van der Waals surface area (Å²) >= 11 is 0. The molecule has 2 N–H and O–H groups in total. The molecule has 0 fully saturated rings. The van der Waals surface area contributed by atoms with Gasteiger partial charge < -0.3 is 15.2 Å². The number of ether oxygens (including phenoxy) is 1. The number of methoxy groups -OCH3 is 1. The Morgan fingerprint density at radius 2 is 2.17 bits per heavy atom. The number of carbonyl (C=O) groups excluding carboxylic acids is 1. The highest BCUT2D eigenvalue weighted by atomic mass is 19.4. The fourth-order valence-electron chi connectivity index (χ4n) is 2.15. The summed E-state index contributed by atoms with van der Waals surface area (Å²) in [5, 5.41) is 12.0. The van der Waals surface area contributed by atoms with Gasteiger partial charge in [-0.1, -0.05) is 13.3 Å². The minimum atomic E-state index is -4.54. The van der Waals surface area contributed by atoms with Crippen LogP contribution in [0.2, 0.25) is 0 Å². The SMILES string of the molecule is CCC(CCNc1cc(CO)c(C(F)(F)F)cn1)CC(=O)OC. The smallest absolute Gasteiger partial charge is 0.418 e. The maximum atomic E-state index is 12.7. The molecule has 1 heterocycles. The Labute approximate surface area is 132 Å². The van der Waals surface area contributed by atoms with Crippen molar-refractivity contribution in [2.75, 3.05) is 19.0 Å². The summed E-state index contributed by atoms with van der Waals surface area (Å²) in [7, 11) is 1.33. The van der Waals surface area contributed by atoms with Crippen LogP contribution in [-0.2, 0) is 22.3 Å². The molecule has 1 aromatic heterocycles. The zero-order valence-corrected chi connectivity index (χ0v) is 13.1. The van der Waals surface area contributed by atoms with Crippen LogP contribution in [0.5, 0.6) is 0 Å². The van der Waals surface area contributed by atoms with E-state index < -0.39 is 18.3 Å². The highest BCUT2D eigenvalue weighted by Gasteiger charge is 2.33. The van der Waals surface area contributed by atoms with E-state index in [1.54, 1.807) is 0 Å². The maximum Gasteiger partial charge on any atom is 0.418 e. The number of anilines is 1. The standard InChI is InChI=1S/C15H21F3N2O3/c1-3-10(6-14(22)23-2)4-5-19-13-7-11(9-21)12(8-20-13)15(16,17)18/h7-8,10,21H,3-6,9H2,1-2H3,(H,19,20). The van der Waals surface area contributed by atoms with Crippen LogP contribution in [0.1, 0.15) is 37.3 Å². The number of pyridine rings is 1. The molecule has 0 spiro atoms. The third-order valence-electron chi connectivity index (χ3n) is 3.58. The van der Waals surface area contributed by atoms with E-state index in [9.17, 15) is 18.0 Å². The normalized spacial score (nSPS) is 12.8. The molecule has 0 saturated carbocycles. The molecule has 1 atom stereocenters. The molecule has 5 nitrogen and oxygen atoms in total. The summed E-state index contributed by atoms with van der Waals surface area (Å²) in [6.07, 6.45) is -2.09. The minimum absolute atomic E-state index is 0.127. The Morgan fingerprint density at radius 1 is 1.48 bits per heavy atom. The van der Waals surface area contributed by atoms with Crippen molar-refractivity contribution in [3.05, 3.63) is 23.4 Å². The van der Waals surface area contributed by atoms with Gasteiger partial charge in [-0.05, 0) is 24.0 Å². The van der Waals surface area contributed by atoms with Crippen molar-refractivity contribution in [2.24, 2.45) is 5.92 Å². The van der Waals surface area contributed by atoms with Crippen LogP contribution in [0.4, 0.5) is 19.0 Å².